The molecule has 0 unspecified atom stereocenters. The zero-order chi connectivity index (χ0) is 21.4. The molecule has 5 rings (SSSR count). The van der Waals surface area contributed by atoms with Crippen molar-refractivity contribution in [2.24, 2.45) is 12.0 Å². The highest BCUT2D eigenvalue weighted by atomic mass is 32.2. The van der Waals surface area contributed by atoms with Crippen LogP contribution in [0.15, 0.2) is 90.4 Å². The lowest BCUT2D eigenvalue weighted by Crippen LogP contribution is -2.19. The number of hydrogen-bond donors (Lipinski definition) is 0. The predicted octanol–water partition coefficient (Wildman–Crippen LogP) is 5.59. The molecule has 0 saturated heterocycles. The van der Waals surface area contributed by atoms with Gasteiger partial charge in [0.05, 0.1) is 27.8 Å². The van der Waals surface area contributed by atoms with Crippen molar-refractivity contribution >= 4 is 45.2 Å². The second kappa shape index (κ2) is 8.05. The van der Waals surface area contributed by atoms with E-state index in [1.54, 1.807) is 26.9 Å². The maximum atomic E-state index is 13.0. The Morgan fingerprint density at radius 2 is 1.84 bits per heavy atom. The van der Waals surface area contributed by atoms with E-state index < -0.39 is 0 Å². The lowest BCUT2D eigenvalue weighted by molar-refractivity contribution is 0.469. The molecule has 0 saturated carbocycles. The first-order valence-electron chi connectivity index (χ1n) is 9.61. The number of aliphatic imine (C=N–C) groups is 1. The Balaban J connectivity index is 1.39. The Labute approximate surface area is 186 Å². The number of aromatic nitrogens is 3. The highest BCUT2D eigenvalue weighted by molar-refractivity contribution is 8.01. The van der Waals surface area contributed by atoms with Gasteiger partial charge in [-0.1, -0.05) is 30.3 Å². The molecule has 0 aliphatic carbocycles. The maximum Gasteiger partial charge on any atom is 0.297 e. The van der Waals surface area contributed by atoms with Crippen molar-refractivity contribution < 1.29 is 4.42 Å². The molecular formula is C23H18N4O2S2. The van der Waals surface area contributed by atoms with E-state index in [-0.39, 0.29) is 5.56 Å². The summed E-state index contributed by atoms with van der Waals surface area (Å²) < 4.78 is 11.4. The minimum Gasteiger partial charge on any atom is -0.448 e. The van der Waals surface area contributed by atoms with E-state index in [0.29, 0.717) is 11.4 Å². The summed E-state index contributed by atoms with van der Waals surface area (Å²) >= 11 is 3.10. The van der Waals surface area contributed by atoms with Crippen LogP contribution in [0.5, 0.6) is 0 Å². The highest BCUT2D eigenvalue weighted by Crippen LogP contribution is 2.35. The molecule has 0 amide bonds. The van der Waals surface area contributed by atoms with Gasteiger partial charge in [0, 0.05) is 7.05 Å². The summed E-state index contributed by atoms with van der Waals surface area (Å²) in [6.45, 7) is 1.88. The van der Waals surface area contributed by atoms with E-state index in [0.717, 1.165) is 31.0 Å². The Morgan fingerprint density at radius 1 is 1.06 bits per heavy atom. The van der Waals surface area contributed by atoms with Gasteiger partial charge in [-0.3, -0.25) is 9.48 Å². The van der Waals surface area contributed by atoms with E-state index in [4.69, 9.17) is 4.42 Å². The van der Waals surface area contributed by atoms with Gasteiger partial charge < -0.3 is 4.42 Å². The molecule has 3 heterocycles. The topological polar surface area (TPSA) is 65.3 Å². The maximum absolute atomic E-state index is 13.0. The second-order valence-corrected chi connectivity index (χ2v) is 9.16. The summed E-state index contributed by atoms with van der Waals surface area (Å²) in [6.07, 6.45) is 1.58. The molecule has 0 N–H and O–H groups in total. The summed E-state index contributed by atoms with van der Waals surface area (Å²) in [4.78, 5) is 22.0. The zero-order valence-corrected chi connectivity index (χ0v) is 18.5. The zero-order valence-electron chi connectivity index (χ0n) is 16.9. The summed E-state index contributed by atoms with van der Waals surface area (Å²) in [6, 6.07) is 21.3. The third-order valence-electron chi connectivity index (χ3n) is 4.91. The number of rotatable bonds is 5. The molecule has 2 aromatic carbocycles. The number of benzene rings is 2. The van der Waals surface area contributed by atoms with Crippen molar-refractivity contribution in [1.29, 1.82) is 0 Å². The Kier molecular flexibility index (Phi) is 5.09. The van der Waals surface area contributed by atoms with Gasteiger partial charge in [-0.15, -0.1) is 11.3 Å². The van der Waals surface area contributed by atoms with E-state index in [9.17, 15) is 4.79 Å². The summed E-state index contributed by atoms with van der Waals surface area (Å²) in [5, 5.41) is 0.729. The van der Waals surface area contributed by atoms with Crippen LogP contribution in [-0.4, -0.2) is 20.6 Å². The quantitative estimate of drug-likeness (QED) is 0.330. The molecule has 154 valence electrons. The molecule has 8 heteroatoms. The third-order valence-corrected chi connectivity index (χ3v) is 6.93. The number of furan rings is 1. The number of fused-ring (bicyclic) bond motifs is 1. The van der Waals surface area contributed by atoms with Gasteiger partial charge in [0.2, 0.25) is 0 Å². The molecule has 31 heavy (non-hydrogen) atoms. The van der Waals surface area contributed by atoms with Crippen LogP contribution in [0.2, 0.25) is 0 Å². The minimum atomic E-state index is -0.168. The average Bonchev–Trinajstić information content (AvgIpc) is 3.45. The van der Waals surface area contributed by atoms with Crippen molar-refractivity contribution in [3.63, 3.8) is 0 Å². The van der Waals surface area contributed by atoms with Gasteiger partial charge in [-0.25, -0.2) is 14.7 Å². The van der Waals surface area contributed by atoms with Gasteiger partial charge in [0.15, 0.2) is 15.1 Å². The number of para-hydroxylation sites is 2. The van der Waals surface area contributed by atoms with Crippen LogP contribution in [0.4, 0.5) is 5.69 Å². The molecule has 0 atom stereocenters. The van der Waals surface area contributed by atoms with Crippen molar-refractivity contribution in [3.8, 4) is 5.69 Å². The van der Waals surface area contributed by atoms with E-state index in [1.165, 1.54) is 11.8 Å². The molecule has 5 aromatic rings. The van der Waals surface area contributed by atoms with Gasteiger partial charge in [-0.05, 0) is 55.1 Å². The molecule has 0 fully saturated rings. The Morgan fingerprint density at radius 3 is 2.65 bits per heavy atom. The largest absolute Gasteiger partial charge is 0.448 e. The third kappa shape index (κ3) is 3.75. The summed E-state index contributed by atoms with van der Waals surface area (Å²) in [5.74, 6) is 0.581. The number of thiazole rings is 1. The summed E-state index contributed by atoms with van der Waals surface area (Å²) in [7, 11) is 1.85. The smallest absolute Gasteiger partial charge is 0.297 e. The first kappa shape index (κ1) is 19.6. The Bertz CT molecular complexity index is 1430. The van der Waals surface area contributed by atoms with Crippen LogP contribution >= 0.6 is 23.1 Å². The van der Waals surface area contributed by atoms with Crippen molar-refractivity contribution in [1.82, 2.24) is 14.3 Å². The van der Waals surface area contributed by atoms with Crippen molar-refractivity contribution in [2.75, 3.05) is 0 Å². The van der Waals surface area contributed by atoms with E-state index in [1.807, 2.05) is 74.6 Å². The second-order valence-electron chi connectivity index (χ2n) is 6.87. The minimum absolute atomic E-state index is 0.168. The standard InChI is InChI=1S/C23H18N4O2S2/c1-15-21(22(28)27(26(15)2)16-8-4-3-5-9-16)24-14-17-12-13-20(29-17)31-23-25-18-10-6-7-11-19(18)30-23/h3-14H,1-2H3. The SMILES string of the molecule is Cc1c(N=Cc2ccc(Sc3nc4ccccc4s3)o2)c(=O)n(-c2ccccc2)n1C. The molecule has 0 aliphatic heterocycles. The van der Waals surface area contributed by atoms with Crippen molar-refractivity contribution in [3.05, 3.63) is 88.5 Å². The number of hydrogen-bond acceptors (Lipinski definition) is 6. The Hall–Kier alpha value is -3.36. The van der Waals surface area contributed by atoms with Crippen LogP contribution < -0.4 is 5.56 Å². The van der Waals surface area contributed by atoms with Gasteiger partial charge >= 0.3 is 0 Å². The first-order chi connectivity index (χ1) is 15.1. The van der Waals surface area contributed by atoms with Gasteiger partial charge in [0.1, 0.15) is 5.76 Å². The fourth-order valence-electron chi connectivity index (χ4n) is 3.27. The fourth-order valence-corrected chi connectivity index (χ4v) is 5.24. The van der Waals surface area contributed by atoms with E-state index in [2.05, 4.69) is 16.0 Å². The fraction of sp³-hybridized carbons (Fsp3) is 0.0870. The average molecular weight is 447 g/mol. The lowest BCUT2D eigenvalue weighted by Gasteiger charge is -2.07. The highest BCUT2D eigenvalue weighted by Gasteiger charge is 2.15. The van der Waals surface area contributed by atoms with E-state index >= 15 is 0 Å². The first-order valence-corrected chi connectivity index (χ1v) is 11.2. The van der Waals surface area contributed by atoms with Crippen molar-refractivity contribution in [2.45, 2.75) is 16.4 Å². The molecule has 0 bridgehead atoms. The predicted molar refractivity (Wildman–Crippen MR) is 125 cm³/mol. The number of nitrogens with zero attached hydrogens (tertiary/aromatic N) is 4. The van der Waals surface area contributed by atoms with Crippen LogP contribution in [0.25, 0.3) is 15.9 Å². The molecule has 0 aliphatic rings. The van der Waals surface area contributed by atoms with Crippen LogP contribution in [0, 0.1) is 6.92 Å². The molecule has 3 aromatic heterocycles. The van der Waals surface area contributed by atoms with Crippen LogP contribution in [-0.2, 0) is 7.05 Å². The molecule has 0 spiro atoms. The summed E-state index contributed by atoms with van der Waals surface area (Å²) in [5.41, 5.74) is 2.78. The molecular weight excluding hydrogens is 428 g/mol. The molecule has 0 radical (unpaired) electrons. The van der Waals surface area contributed by atoms with Gasteiger partial charge in [-0.2, -0.15) is 0 Å². The normalized spacial score (nSPS) is 11.7. The lowest BCUT2D eigenvalue weighted by atomic mass is 10.3. The monoisotopic (exact) mass is 446 g/mol. The van der Waals surface area contributed by atoms with Crippen LogP contribution in [0.3, 0.4) is 0 Å². The van der Waals surface area contributed by atoms with Crippen LogP contribution in [0.1, 0.15) is 11.5 Å². The molecule has 6 nitrogen and oxygen atoms in total. The van der Waals surface area contributed by atoms with Gasteiger partial charge in [0.25, 0.3) is 5.56 Å².